The summed E-state index contributed by atoms with van der Waals surface area (Å²) in [5.41, 5.74) is 7.78. The van der Waals surface area contributed by atoms with E-state index in [4.69, 9.17) is 10.9 Å². The van der Waals surface area contributed by atoms with Crippen molar-refractivity contribution < 1.29 is 9.60 Å². The van der Waals surface area contributed by atoms with Crippen LogP contribution in [0.3, 0.4) is 0 Å². The average Bonchev–Trinajstić information content (AvgIpc) is 2.69. The van der Waals surface area contributed by atoms with Gasteiger partial charge in [0.25, 0.3) is 0 Å². The summed E-state index contributed by atoms with van der Waals surface area (Å²) in [6.07, 6.45) is 0. The fourth-order valence-electron chi connectivity index (χ4n) is 1.95. The number of amidine groups is 1. The van der Waals surface area contributed by atoms with Gasteiger partial charge in [-0.05, 0) is 26.0 Å². The number of nitrogens with zero attached hydrogens (tertiary/aromatic N) is 3. The second-order valence-electron chi connectivity index (χ2n) is 4.35. The standard InChI is InChI=1S/C13H15FN4O/c1-8-6-9(2)18(16-8)7-10-4-3-5-11(12(10)14)13(15)17-19/h3-6,19H,7H2,1-2H3,(H2,15,17). The summed E-state index contributed by atoms with van der Waals surface area (Å²) in [4.78, 5) is 0. The fraction of sp³-hybridized carbons (Fsp3) is 0.231. The van der Waals surface area contributed by atoms with Crippen LogP contribution in [0.1, 0.15) is 22.5 Å². The second kappa shape index (κ2) is 5.09. The Balaban J connectivity index is 2.39. The molecule has 19 heavy (non-hydrogen) atoms. The quantitative estimate of drug-likeness (QED) is 0.383. The van der Waals surface area contributed by atoms with Gasteiger partial charge in [-0.2, -0.15) is 5.10 Å². The van der Waals surface area contributed by atoms with Crippen LogP contribution in [-0.4, -0.2) is 20.8 Å². The van der Waals surface area contributed by atoms with Crippen LogP contribution in [-0.2, 0) is 6.54 Å². The third-order valence-corrected chi connectivity index (χ3v) is 2.89. The summed E-state index contributed by atoms with van der Waals surface area (Å²) in [7, 11) is 0. The molecule has 0 bridgehead atoms. The molecule has 2 rings (SSSR count). The molecule has 100 valence electrons. The first-order valence-electron chi connectivity index (χ1n) is 5.79. The molecule has 1 aromatic carbocycles. The summed E-state index contributed by atoms with van der Waals surface area (Å²) in [6, 6.07) is 6.71. The van der Waals surface area contributed by atoms with Crippen molar-refractivity contribution in [1.29, 1.82) is 0 Å². The largest absolute Gasteiger partial charge is 0.409 e. The molecule has 0 aliphatic heterocycles. The zero-order valence-electron chi connectivity index (χ0n) is 10.8. The molecule has 0 spiro atoms. The van der Waals surface area contributed by atoms with Crippen LogP contribution in [0, 0.1) is 19.7 Å². The number of aryl methyl sites for hydroxylation is 2. The van der Waals surface area contributed by atoms with Crippen molar-refractivity contribution in [3.63, 3.8) is 0 Å². The normalized spacial score (nSPS) is 11.8. The fourth-order valence-corrected chi connectivity index (χ4v) is 1.95. The lowest BCUT2D eigenvalue weighted by Crippen LogP contribution is -2.17. The van der Waals surface area contributed by atoms with Gasteiger partial charge in [0, 0.05) is 11.3 Å². The van der Waals surface area contributed by atoms with E-state index in [0.717, 1.165) is 11.4 Å². The maximum absolute atomic E-state index is 14.2. The zero-order valence-corrected chi connectivity index (χ0v) is 10.8. The molecule has 0 aliphatic rings. The van der Waals surface area contributed by atoms with Crippen molar-refractivity contribution in [3.8, 4) is 0 Å². The van der Waals surface area contributed by atoms with Crippen molar-refractivity contribution in [2.24, 2.45) is 10.9 Å². The lowest BCUT2D eigenvalue weighted by molar-refractivity contribution is 0.318. The third-order valence-electron chi connectivity index (χ3n) is 2.89. The molecule has 1 aromatic heterocycles. The number of hydrogen-bond donors (Lipinski definition) is 2. The van der Waals surface area contributed by atoms with E-state index >= 15 is 0 Å². The summed E-state index contributed by atoms with van der Waals surface area (Å²) in [5, 5.41) is 15.7. The lowest BCUT2D eigenvalue weighted by atomic mass is 10.1. The molecule has 0 radical (unpaired) electrons. The van der Waals surface area contributed by atoms with E-state index in [1.807, 2.05) is 19.9 Å². The summed E-state index contributed by atoms with van der Waals surface area (Å²) >= 11 is 0. The van der Waals surface area contributed by atoms with E-state index in [-0.39, 0.29) is 11.4 Å². The predicted molar refractivity (Wildman–Crippen MR) is 69.7 cm³/mol. The van der Waals surface area contributed by atoms with E-state index in [0.29, 0.717) is 12.1 Å². The third kappa shape index (κ3) is 2.57. The molecule has 6 heteroatoms. The Kier molecular flexibility index (Phi) is 3.50. The molecule has 5 nitrogen and oxygen atoms in total. The van der Waals surface area contributed by atoms with Crippen LogP contribution < -0.4 is 5.73 Å². The number of aromatic nitrogens is 2. The maximum Gasteiger partial charge on any atom is 0.173 e. The molecular weight excluding hydrogens is 247 g/mol. The van der Waals surface area contributed by atoms with Crippen molar-refractivity contribution >= 4 is 5.84 Å². The number of benzene rings is 1. The number of hydrogen-bond acceptors (Lipinski definition) is 3. The second-order valence-corrected chi connectivity index (χ2v) is 4.35. The van der Waals surface area contributed by atoms with Crippen LogP contribution in [0.5, 0.6) is 0 Å². The smallest absolute Gasteiger partial charge is 0.173 e. The highest BCUT2D eigenvalue weighted by atomic mass is 19.1. The maximum atomic E-state index is 14.2. The van der Waals surface area contributed by atoms with Crippen LogP contribution in [0.2, 0.25) is 0 Å². The van der Waals surface area contributed by atoms with Crippen LogP contribution in [0.25, 0.3) is 0 Å². The van der Waals surface area contributed by atoms with E-state index in [9.17, 15) is 4.39 Å². The van der Waals surface area contributed by atoms with Crippen molar-refractivity contribution in [3.05, 3.63) is 52.6 Å². The van der Waals surface area contributed by atoms with E-state index in [1.54, 1.807) is 16.8 Å². The van der Waals surface area contributed by atoms with E-state index < -0.39 is 5.82 Å². The minimum absolute atomic E-state index is 0.0848. The van der Waals surface area contributed by atoms with Gasteiger partial charge in [-0.1, -0.05) is 17.3 Å². The average molecular weight is 262 g/mol. The molecule has 0 fully saturated rings. The van der Waals surface area contributed by atoms with Gasteiger partial charge in [-0.15, -0.1) is 0 Å². The van der Waals surface area contributed by atoms with Gasteiger partial charge in [-0.3, -0.25) is 4.68 Å². The molecule has 2 aromatic rings. The minimum Gasteiger partial charge on any atom is -0.409 e. The Morgan fingerprint density at radius 3 is 2.79 bits per heavy atom. The monoisotopic (exact) mass is 262 g/mol. The first-order valence-corrected chi connectivity index (χ1v) is 5.79. The van der Waals surface area contributed by atoms with Gasteiger partial charge in [0.05, 0.1) is 17.8 Å². The highest BCUT2D eigenvalue weighted by molar-refractivity contribution is 5.97. The van der Waals surface area contributed by atoms with E-state index in [1.165, 1.54) is 6.07 Å². The molecule has 0 unspecified atom stereocenters. The molecule has 0 amide bonds. The summed E-state index contributed by atoms with van der Waals surface area (Å²) in [5.74, 6) is -0.738. The van der Waals surface area contributed by atoms with Gasteiger partial charge in [0.2, 0.25) is 0 Å². The zero-order chi connectivity index (χ0) is 14.0. The van der Waals surface area contributed by atoms with Gasteiger partial charge < -0.3 is 10.9 Å². The van der Waals surface area contributed by atoms with Gasteiger partial charge >= 0.3 is 0 Å². The topological polar surface area (TPSA) is 76.4 Å². The van der Waals surface area contributed by atoms with Gasteiger partial charge in [-0.25, -0.2) is 4.39 Å². The molecule has 0 aliphatic carbocycles. The Morgan fingerprint density at radius 1 is 1.47 bits per heavy atom. The van der Waals surface area contributed by atoms with Crippen molar-refractivity contribution in [1.82, 2.24) is 9.78 Å². The predicted octanol–water partition coefficient (Wildman–Crippen LogP) is 1.78. The Hall–Kier alpha value is -2.37. The van der Waals surface area contributed by atoms with Crippen molar-refractivity contribution in [2.75, 3.05) is 0 Å². The lowest BCUT2D eigenvalue weighted by Gasteiger charge is -2.08. The number of oxime groups is 1. The molecule has 0 saturated carbocycles. The summed E-state index contributed by atoms with van der Waals surface area (Å²) in [6.45, 7) is 4.09. The Labute approximate surface area is 110 Å². The van der Waals surface area contributed by atoms with Crippen LogP contribution in [0.15, 0.2) is 29.4 Å². The Morgan fingerprint density at radius 2 is 2.21 bits per heavy atom. The van der Waals surface area contributed by atoms with Crippen LogP contribution >= 0.6 is 0 Å². The SMILES string of the molecule is Cc1cc(C)n(Cc2cccc(/C(N)=N/O)c2F)n1. The summed E-state index contributed by atoms with van der Waals surface area (Å²) < 4.78 is 15.9. The Bertz CT molecular complexity index is 634. The highest BCUT2D eigenvalue weighted by Crippen LogP contribution is 2.15. The van der Waals surface area contributed by atoms with E-state index in [2.05, 4.69) is 10.3 Å². The van der Waals surface area contributed by atoms with Gasteiger partial charge in [0.1, 0.15) is 5.82 Å². The highest BCUT2D eigenvalue weighted by Gasteiger charge is 2.12. The molecule has 1 heterocycles. The van der Waals surface area contributed by atoms with Crippen LogP contribution in [0.4, 0.5) is 4.39 Å². The molecule has 0 saturated heterocycles. The number of rotatable bonds is 3. The van der Waals surface area contributed by atoms with Gasteiger partial charge in [0.15, 0.2) is 5.84 Å². The molecule has 3 N–H and O–H groups in total. The number of halogens is 1. The molecule has 0 atom stereocenters. The van der Waals surface area contributed by atoms with Crippen molar-refractivity contribution in [2.45, 2.75) is 20.4 Å². The number of nitrogens with two attached hydrogens (primary N) is 1. The first kappa shape index (κ1) is 13.1. The first-order chi connectivity index (χ1) is 9.02. The molecular formula is C13H15FN4O. The minimum atomic E-state index is -0.495.